The molecular weight excluding hydrogens is 326 g/mol. The third-order valence-corrected chi connectivity index (χ3v) is 4.69. The van der Waals surface area contributed by atoms with Crippen LogP contribution in [0.2, 0.25) is 0 Å². The molecule has 3 rings (SSSR count). The fourth-order valence-corrected chi connectivity index (χ4v) is 2.88. The number of hydrogen-bond donors (Lipinski definition) is 2. The monoisotopic (exact) mass is 347 g/mol. The number of carbonyl (C=O) groups excluding carboxylic acids is 2. The Balaban J connectivity index is 1.40. The molecule has 1 aliphatic carbocycles. The number of rotatable bonds is 6. The number of amides is 2. The molecule has 1 aromatic heterocycles. The lowest BCUT2D eigenvalue weighted by atomic mass is 10.1. The molecule has 25 heavy (non-hydrogen) atoms. The molecule has 2 aliphatic rings. The van der Waals surface area contributed by atoms with Crippen molar-refractivity contribution in [2.24, 2.45) is 5.41 Å². The van der Waals surface area contributed by atoms with Crippen LogP contribution in [-0.2, 0) is 14.4 Å². The van der Waals surface area contributed by atoms with Crippen LogP contribution in [0.15, 0.2) is 18.5 Å². The molecule has 1 saturated heterocycles. The van der Waals surface area contributed by atoms with Crippen molar-refractivity contribution in [2.45, 2.75) is 19.3 Å². The molecule has 2 heterocycles. The maximum atomic E-state index is 12.2. The molecule has 1 aromatic rings. The zero-order chi connectivity index (χ0) is 17.9. The first kappa shape index (κ1) is 17.1. The van der Waals surface area contributed by atoms with E-state index >= 15 is 0 Å². The highest BCUT2D eigenvalue weighted by atomic mass is 16.4. The van der Waals surface area contributed by atoms with Crippen LogP contribution in [0.5, 0.6) is 0 Å². The Morgan fingerprint density at radius 3 is 2.32 bits per heavy atom. The van der Waals surface area contributed by atoms with E-state index in [1.54, 1.807) is 23.4 Å². The molecule has 0 radical (unpaired) electrons. The van der Waals surface area contributed by atoms with E-state index in [4.69, 9.17) is 5.11 Å². The summed E-state index contributed by atoms with van der Waals surface area (Å²) in [5.41, 5.74) is -1.26. The standard InChI is InChI=1S/C16H21N5O4/c22-12(2-7-17-13(23)16(3-4-16)14(24)25)20-8-10-21(11-9-20)15-18-5-1-6-19-15/h1,5-6H,2-4,7-11H2,(H,17,23)(H,24,25). The molecule has 0 unspecified atom stereocenters. The van der Waals surface area contributed by atoms with Crippen molar-refractivity contribution in [3.63, 3.8) is 0 Å². The summed E-state index contributed by atoms with van der Waals surface area (Å²) in [7, 11) is 0. The van der Waals surface area contributed by atoms with E-state index in [0.717, 1.165) is 0 Å². The molecule has 1 saturated carbocycles. The lowest BCUT2D eigenvalue weighted by Crippen LogP contribution is -2.50. The third kappa shape index (κ3) is 3.70. The van der Waals surface area contributed by atoms with Crippen molar-refractivity contribution < 1.29 is 19.5 Å². The van der Waals surface area contributed by atoms with Crippen molar-refractivity contribution in [1.29, 1.82) is 0 Å². The normalized spacial score (nSPS) is 18.6. The minimum atomic E-state index is -1.26. The number of nitrogens with one attached hydrogen (secondary N) is 1. The number of anilines is 1. The number of carbonyl (C=O) groups is 3. The van der Waals surface area contributed by atoms with E-state index < -0.39 is 17.3 Å². The minimum Gasteiger partial charge on any atom is -0.480 e. The number of nitrogens with zero attached hydrogens (tertiary/aromatic N) is 4. The van der Waals surface area contributed by atoms with Gasteiger partial charge in [0.05, 0.1) is 0 Å². The third-order valence-electron chi connectivity index (χ3n) is 4.69. The van der Waals surface area contributed by atoms with E-state index in [1.807, 2.05) is 4.90 Å². The first-order valence-electron chi connectivity index (χ1n) is 8.34. The fraction of sp³-hybridized carbons (Fsp3) is 0.562. The average Bonchev–Trinajstić information content (AvgIpc) is 3.44. The highest BCUT2D eigenvalue weighted by Gasteiger charge is 2.56. The lowest BCUT2D eigenvalue weighted by molar-refractivity contribution is -0.149. The van der Waals surface area contributed by atoms with E-state index in [2.05, 4.69) is 15.3 Å². The fourth-order valence-electron chi connectivity index (χ4n) is 2.88. The van der Waals surface area contributed by atoms with Gasteiger partial charge in [-0.05, 0) is 18.9 Å². The van der Waals surface area contributed by atoms with Gasteiger partial charge < -0.3 is 20.2 Å². The van der Waals surface area contributed by atoms with Crippen LogP contribution in [0.1, 0.15) is 19.3 Å². The quantitative estimate of drug-likeness (QED) is 0.666. The van der Waals surface area contributed by atoms with Crippen LogP contribution < -0.4 is 10.2 Å². The van der Waals surface area contributed by atoms with Gasteiger partial charge >= 0.3 is 5.97 Å². The maximum Gasteiger partial charge on any atom is 0.319 e. The van der Waals surface area contributed by atoms with Crippen LogP contribution in [0, 0.1) is 5.41 Å². The van der Waals surface area contributed by atoms with Crippen LogP contribution in [-0.4, -0.2) is 70.5 Å². The molecular formula is C16H21N5O4. The Morgan fingerprint density at radius 2 is 1.76 bits per heavy atom. The van der Waals surface area contributed by atoms with Gasteiger partial charge in [-0.3, -0.25) is 14.4 Å². The van der Waals surface area contributed by atoms with Crippen LogP contribution >= 0.6 is 0 Å². The van der Waals surface area contributed by atoms with Crippen molar-refractivity contribution in [3.8, 4) is 0 Å². The highest BCUT2D eigenvalue weighted by molar-refractivity contribution is 6.04. The van der Waals surface area contributed by atoms with E-state index in [9.17, 15) is 14.4 Å². The largest absolute Gasteiger partial charge is 0.480 e. The molecule has 9 nitrogen and oxygen atoms in total. The summed E-state index contributed by atoms with van der Waals surface area (Å²) in [6, 6.07) is 1.76. The van der Waals surface area contributed by atoms with Gasteiger partial charge in [0.25, 0.3) is 0 Å². The molecule has 134 valence electrons. The number of piperazine rings is 1. The van der Waals surface area contributed by atoms with Gasteiger partial charge in [0, 0.05) is 51.5 Å². The Hall–Kier alpha value is -2.71. The number of aliphatic carboxylic acids is 1. The second-order valence-electron chi connectivity index (χ2n) is 6.31. The molecule has 0 spiro atoms. The van der Waals surface area contributed by atoms with E-state index in [1.165, 1.54) is 0 Å². The molecule has 2 fully saturated rings. The van der Waals surface area contributed by atoms with Crippen LogP contribution in [0.3, 0.4) is 0 Å². The first-order valence-corrected chi connectivity index (χ1v) is 8.34. The molecule has 0 atom stereocenters. The molecule has 0 aromatic carbocycles. The number of carboxylic acid groups (broad SMARTS) is 1. The summed E-state index contributed by atoms with van der Waals surface area (Å²) < 4.78 is 0. The van der Waals surface area contributed by atoms with Gasteiger partial charge in [-0.15, -0.1) is 0 Å². The van der Waals surface area contributed by atoms with Gasteiger partial charge in [-0.1, -0.05) is 0 Å². The summed E-state index contributed by atoms with van der Waals surface area (Å²) in [5, 5.41) is 11.6. The van der Waals surface area contributed by atoms with Gasteiger partial charge in [0.15, 0.2) is 0 Å². The topological polar surface area (TPSA) is 116 Å². The van der Waals surface area contributed by atoms with E-state index in [-0.39, 0.29) is 18.9 Å². The SMILES string of the molecule is O=C(CCNC(=O)C1(C(=O)O)CC1)N1CCN(c2ncccn2)CC1. The summed E-state index contributed by atoms with van der Waals surface area (Å²) in [6.07, 6.45) is 4.28. The Labute approximate surface area is 145 Å². The van der Waals surface area contributed by atoms with Gasteiger partial charge in [-0.25, -0.2) is 9.97 Å². The lowest BCUT2D eigenvalue weighted by Gasteiger charge is -2.34. The van der Waals surface area contributed by atoms with E-state index in [0.29, 0.717) is 45.0 Å². The summed E-state index contributed by atoms with van der Waals surface area (Å²) >= 11 is 0. The van der Waals surface area contributed by atoms with Gasteiger partial charge in [0.2, 0.25) is 17.8 Å². The highest BCUT2D eigenvalue weighted by Crippen LogP contribution is 2.46. The Kier molecular flexibility index (Phi) is 4.82. The Bertz CT molecular complexity index is 654. The molecule has 9 heteroatoms. The smallest absolute Gasteiger partial charge is 0.319 e. The van der Waals surface area contributed by atoms with Crippen LogP contribution in [0.25, 0.3) is 0 Å². The predicted octanol–water partition coefficient (Wildman–Crippen LogP) is -0.504. The van der Waals surface area contributed by atoms with Gasteiger partial charge in [-0.2, -0.15) is 0 Å². The molecule has 2 N–H and O–H groups in total. The first-order chi connectivity index (χ1) is 12.0. The van der Waals surface area contributed by atoms with Gasteiger partial charge in [0.1, 0.15) is 5.41 Å². The van der Waals surface area contributed by atoms with Crippen molar-refractivity contribution in [2.75, 3.05) is 37.6 Å². The summed E-state index contributed by atoms with van der Waals surface area (Å²) in [5.74, 6) is -0.964. The molecule has 2 amide bonds. The van der Waals surface area contributed by atoms with Crippen molar-refractivity contribution in [3.05, 3.63) is 18.5 Å². The molecule has 1 aliphatic heterocycles. The van der Waals surface area contributed by atoms with Crippen molar-refractivity contribution in [1.82, 2.24) is 20.2 Å². The number of aromatic nitrogens is 2. The zero-order valence-corrected chi connectivity index (χ0v) is 13.8. The second kappa shape index (κ2) is 7.04. The average molecular weight is 347 g/mol. The predicted molar refractivity (Wildman–Crippen MR) is 87.8 cm³/mol. The number of hydrogen-bond acceptors (Lipinski definition) is 6. The zero-order valence-electron chi connectivity index (χ0n) is 13.8. The minimum absolute atomic E-state index is 0.0471. The summed E-state index contributed by atoms with van der Waals surface area (Å²) in [6.45, 7) is 2.62. The van der Waals surface area contributed by atoms with Crippen molar-refractivity contribution >= 4 is 23.7 Å². The Morgan fingerprint density at radius 1 is 1.12 bits per heavy atom. The summed E-state index contributed by atoms with van der Waals surface area (Å²) in [4.78, 5) is 47.4. The second-order valence-corrected chi connectivity index (χ2v) is 6.31. The molecule has 0 bridgehead atoms. The maximum absolute atomic E-state index is 12.2. The number of carboxylic acids is 1. The van der Waals surface area contributed by atoms with Crippen LogP contribution in [0.4, 0.5) is 5.95 Å².